The van der Waals surface area contributed by atoms with Crippen LogP contribution in [0.4, 0.5) is 0 Å². The Labute approximate surface area is 117 Å². The van der Waals surface area contributed by atoms with E-state index in [2.05, 4.69) is 48.5 Å². The van der Waals surface area contributed by atoms with Gasteiger partial charge in [0, 0.05) is 0 Å². The first-order valence-electron chi connectivity index (χ1n) is 8.40. The van der Waals surface area contributed by atoms with Crippen molar-refractivity contribution in [1.29, 1.82) is 0 Å². The third kappa shape index (κ3) is 7.44. The van der Waals surface area contributed by atoms with Crippen molar-refractivity contribution in [2.75, 3.05) is 0 Å². The Balaban J connectivity index is 3.73. The molecular weight excluding hydrogens is 216 g/mol. The maximum atomic E-state index is 2.46. The Hall–Kier alpha value is 0. The summed E-state index contributed by atoms with van der Waals surface area (Å²) in [6.45, 7) is 16.8. The lowest BCUT2D eigenvalue weighted by Gasteiger charge is -2.29. The van der Waals surface area contributed by atoms with Gasteiger partial charge in [-0.05, 0) is 29.6 Å². The average molecular weight is 255 g/mol. The summed E-state index contributed by atoms with van der Waals surface area (Å²) in [4.78, 5) is 0. The van der Waals surface area contributed by atoms with Crippen LogP contribution in [-0.2, 0) is 0 Å². The second-order valence-corrected chi connectivity index (χ2v) is 7.12. The normalized spacial score (nSPS) is 18.7. The summed E-state index contributed by atoms with van der Waals surface area (Å²) in [5, 5.41) is 0. The molecule has 0 saturated carbocycles. The van der Waals surface area contributed by atoms with Gasteiger partial charge in [0.05, 0.1) is 0 Å². The summed E-state index contributed by atoms with van der Waals surface area (Å²) in [6, 6.07) is 0. The monoisotopic (exact) mass is 254 g/mol. The molecule has 110 valence electrons. The lowest BCUT2D eigenvalue weighted by molar-refractivity contribution is 0.210. The standard InChI is InChI=1S/C18H38/c1-8-11-15(4)12-9-10-13-16(5)18(7)17(6)14(2)3/h14-18H,8-13H2,1-7H3. The van der Waals surface area contributed by atoms with Gasteiger partial charge in [-0.15, -0.1) is 0 Å². The van der Waals surface area contributed by atoms with E-state index in [-0.39, 0.29) is 0 Å². The quantitative estimate of drug-likeness (QED) is 0.388. The zero-order chi connectivity index (χ0) is 14.1. The molecule has 0 spiro atoms. The fraction of sp³-hybridized carbons (Fsp3) is 1.00. The first kappa shape index (κ1) is 18.0. The SMILES string of the molecule is CCCC(C)CCCCC(C)C(C)C(C)C(C)C. The van der Waals surface area contributed by atoms with Crippen LogP contribution in [0.2, 0.25) is 0 Å². The molecule has 0 aliphatic heterocycles. The first-order valence-corrected chi connectivity index (χ1v) is 8.40. The highest BCUT2D eigenvalue weighted by atomic mass is 14.3. The van der Waals surface area contributed by atoms with Crippen molar-refractivity contribution in [1.82, 2.24) is 0 Å². The predicted octanol–water partition coefficient (Wildman–Crippen LogP) is 6.55. The third-order valence-corrected chi connectivity index (χ3v) is 5.17. The van der Waals surface area contributed by atoms with E-state index >= 15 is 0 Å². The lowest BCUT2D eigenvalue weighted by atomic mass is 9.77. The Bertz CT molecular complexity index is 182. The summed E-state index contributed by atoms with van der Waals surface area (Å²) < 4.78 is 0. The molecule has 0 amide bonds. The highest BCUT2D eigenvalue weighted by molar-refractivity contribution is 4.70. The van der Waals surface area contributed by atoms with Crippen molar-refractivity contribution in [2.45, 2.75) is 87.0 Å². The number of hydrogen-bond donors (Lipinski definition) is 0. The van der Waals surface area contributed by atoms with Crippen LogP contribution in [0.5, 0.6) is 0 Å². The smallest absolute Gasteiger partial charge is 0.0389 e. The average Bonchev–Trinajstić information content (AvgIpc) is 2.32. The van der Waals surface area contributed by atoms with Crippen LogP contribution in [0.3, 0.4) is 0 Å². The molecule has 0 aromatic carbocycles. The van der Waals surface area contributed by atoms with Crippen LogP contribution in [0.15, 0.2) is 0 Å². The molecule has 0 heterocycles. The second kappa shape index (κ2) is 9.87. The van der Waals surface area contributed by atoms with Gasteiger partial charge in [-0.25, -0.2) is 0 Å². The van der Waals surface area contributed by atoms with Crippen molar-refractivity contribution in [3.63, 3.8) is 0 Å². The van der Waals surface area contributed by atoms with E-state index in [0.29, 0.717) is 0 Å². The Morgan fingerprint density at radius 2 is 1.22 bits per heavy atom. The molecule has 0 aliphatic rings. The van der Waals surface area contributed by atoms with Crippen LogP contribution in [0, 0.1) is 29.6 Å². The van der Waals surface area contributed by atoms with Crippen molar-refractivity contribution in [2.24, 2.45) is 29.6 Å². The summed E-state index contributed by atoms with van der Waals surface area (Å²) in [7, 11) is 0. The van der Waals surface area contributed by atoms with Crippen molar-refractivity contribution >= 4 is 0 Å². The van der Waals surface area contributed by atoms with E-state index < -0.39 is 0 Å². The van der Waals surface area contributed by atoms with Crippen LogP contribution < -0.4 is 0 Å². The van der Waals surface area contributed by atoms with Gasteiger partial charge in [-0.3, -0.25) is 0 Å². The Morgan fingerprint density at radius 3 is 1.72 bits per heavy atom. The fourth-order valence-electron chi connectivity index (χ4n) is 2.98. The van der Waals surface area contributed by atoms with Crippen LogP contribution in [0.1, 0.15) is 87.0 Å². The minimum atomic E-state index is 0.826. The van der Waals surface area contributed by atoms with Crippen LogP contribution >= 0.6 is 0 Å². The molecule has 0 nitrogen and oxygen atoms in total. The van der Waals surface area contributed by atoms with Gasteiger partial charge in [0.2, 0.25) is 0 Å². The first-order chi connectivity index (χ1) is 8.40. The van der Waals surface area contributed by atoms with Gasteiger partial charge in [0.25, 0.3) is 0 Å². The summed E-state index contributed by atoms with van der Waals surface area (Å²) in [5.74, 6) is 4.39. The molecule has 0 N–H and O–H groups in total. The summed E-state index contributed by atoms with van der Waals surface area (Å²) in [6.07, 6.45) is 8.50. The Morgan fingerprint density at radius 1 is 0.667 bits per heavy atom. The minimum Gasteiger partial charge on any atom is -0.0654 e. The molecule has 0 aromatic heterocycles. The van der Waals surface area contributed by atoms with Gasteiger partial charge in [-0.1, -0.05) is 87.0 Å². The van der Waals surface area contributed by atoms with E-state index in [1.54, 1.807) is 0 Å². The van der Waals surface area contributed by atoms with E-state index in [1.165, 1.54) is 38.5 Å². The van der Waals surface area contributed by atoms with Crippen molar-refractivity contribution in [3.8, 4) is 0 Å². The summed E-state index contributed by atoms with van der Waals surface area (Å²) >= 11 is 0. The van der Waals surface area contributed by atoms with Gasteiger partial charge in [-0.2, -0.15) is 0 Å². The molecule has 0 aliphatic carbocycles. The minimum absolute atomic E-state index is 0.826. The van der Waals surface area contributed by atoms with Crippen molar-refractivity contribution < 1.29 is 0 Å². The molecular formula is C18H38. The fourth-order valence-corrected chi connectivity index (χ4v) is 2.98. The molecule has 4 atom stereocenters. The predicted molar refractivity (Wildman–Crippen MR) is 84.9 cm³/mol. The zero-order valence-electron chi connectivity index (χ0n) is 14.1. The van der Waals surface area contributed by atoms with Gasteiger partial charge in [0.15, 0.2) is 0 Å². The van der Waals surface area contributed by atoms with E-state index in [9.17, 15) is 0 Å². The third-order valence-electron chi connectivity index (χ3n) is 5.17. The van der Waals surface area contributed by atoms with Crippen molar-refractivity contribution in [3.05, 3.63) is 0 Å². The van der Waals surface area contributed by atoms with Gasteiger partial charge in [0.1, 0.15) is 0 Å². The maximum absolute atomic E-state index is 2.46. The molecule has 4 unspecified atom stereocenters. The lowest BCUT2D eigenvalue weighted by Crippen LogP contribution is -2.20. The number of unbranched alkanes of at least 4 members (excludes halogenated alkanes) is 1. The van der Waals surface area contributed by atoms with Gasteiger partial charge < -0.3 is 0 Å². The molecule has 18 heavy (non-hydrogen) atoms. The molecule has 0 radical (unpaired) electrons. The van der Waals surface area contributed by atoms with E-state index in [1.807, 2.05) is 0 Å². The highest BCUT2D eigenvalue weighted by Gasteiger charge is 2.21. The molecule has 0 saturated heterocycles. The topological polar surface area (TPSA) is 0 Å². The zero-order valence-corrected chi connectivity index (χ0v) is 14.1. The van der Waals surface area contributed by atoms with E-state index in [4.69, 9.17) is 0 Å². The molecule has 0 rings (SSSR count). The van der Waals surface area contributed by atoms with Gasteiger partial charge >= 0.3 is 0 Å². The summed E-state index contributed by atoms with van der Waals surface area (Å²) in [5.41, 5.74) is 0. The van der Waals surface area contributed by atoms with Crippen LogP contribution in [-0.4, -0.2) is 0 Å². The number of hydrogen-bond acceptors (Lipinski definition) is 0. The molecule has 0 heteroatoms. The Kier molecular flexibility index (Phi) is 9.87. The van der Waals surface area contributed by atoms with Crippen LogP contribution in [0.25, 0.3) is 0 Å². The molecule has 0 fully saturated rings. The largest absolute Gasteiger partial charge is 0.0654 e. The molecule has 0 bridgehead atoms. The highest BCUT2D eigenvalue weighted by Crippen LogP contribution is 2.30. The van der Waals surface area contributed by atoms with E-state index in [0.717, 1.165) is 29.6 Å². The number of rotatable bonds is 10. The molecule has 0 aromatic rings. The second-order valence-electron chi connectivity index (χ2n) is 7.12. The maximum Gasteiger partial charge on any atom is -0.0389 e.